The Kier molecular flexibility index (Phi) is 4.48. The van der Waals surface area contributed by atoms with Crippen molar-refractivity contribution < 1.29 is 9.59 Å². The van der Waals surface area contributed by atoms with Gasteiger partial charge in [-0.25, -0.2) is 0 Å². The Hall–Kier alpha value is -1.99. The third-order valence-corrected chi connectivity index (χ3v) is 5.03. The van der Waals surface area contributed by atoms with E-state index in [1.54, 1.807) is 20.8 Å². The summed E-state index contributed by atoms with van der Waals surface area (Å²) in [5, 5.41) is 24.0. The second kappa shape index (κ2) is 6.02. The molecule has 0 bridgehead atoms. The molecule has 6 nitrogen and oxygen atoms in total. The maximum absolute atomic E-state index is 12.1. The number of hydrogen-bond donors (Lipinski definition) is 2. The molecule has 1 aliphatic carbocycles. The number of thioether (sulfide) groups is 1. The first kappa shape index (κ1) is 16.4. The van der Waals surface area contributed by atoms with Crippen molar-refractivity contribution >= 4 is 23.6 Å². The Balaban J connectivity index is 2.22. The molecule has 0 aromatic rings. The number of nitriles is 2. The molecule has 0 saturated heterocycles. The largest absolute Gasteiger partial charge is 0.352 e. The molecule has 1 heterocycles. The zero-order valence-corrected chi connectivity index (χ0v) is 13.6. The van der Waals surface area contributed by atoms with Gasteiger partial charge in [0.25, 0.3) is 0 Å². The van der Waals surface area contributed by atoms with Crippen molar-refractivity contribution in [2.75, 3.05) is 0 Å². The quantitative estimate of drug-likeness (QED) is 0.815. The van der Waals surface area contributed by atoms with Crippen LogP contribution in [0.5, 0.6) is 0 Å². The van der Waals surface area contributed by atoms with Gasteiger partial charge >= 0.3 is 0 Å². The van der Waals surface area contributed by atoms with Crippen molar-refractivity contribution in [3.63, 3.8) is 0 Å². The van der Waals surface area contributed by atoms with Crippen LogP contribution in [-0.2, 0) is 9.59 Å². The van der Waals surface area contributed by atoms with E-state index in [0.717, 1.165) is 24.6 Å². The lowest BCUT2D eigenvalue weighted by molar-refractivity contribution is -0.125. The van der Waals surface area contributed by atoms with Gasteiger partial charge in [-0.2, -0.15) is 10.5 Å². The van der Waals surface area contributed by atoms with Crippen molar-refractivity contribution in [2.24, 2.45) is 11.3 Å². The van der Waals surface area contributed by atoms with Crippen molar-refractivity contribution in [1.29, 1.82) is 10.5 Å². The minimum atomic E-state index is -0.915. The van der Waals surface area contributed by atoms with Crippen LogP contribution in [-0.4, -0.2) is 23.1 Å². The standard InChI is InChI=1S/C15H18N4O2S/c1-8(12(20)18-9-4-5-9)22-14-11(7-17)15(2,3)10(6-16)13(21)19-14/h8-10H,4-5H2,1-3H3,(H,18,20)(H,19,21)/t8-,10+/m0/s1. The second-order valence-electron chi connectivity index (χ2n) is 6.13. The minimum absolute atomic E-state index is 0.105. The highest BCUT2D eigenvalue weighted by Gasteiger charge is 2.45. The summed E-state index contributed by atoms with van der Waals surface area (Å²) in [7, 11) is 0. The lowest BCUT2D eigenvalue weighted by atomic mass is 9.72. The van der Waals surface area contributed by atoms with Gasteiger partial charge in [0.2, 0.25) is 11.8 Å². The number of carbonyl (C=O) groups is 2. The first-order chi connectivity index (χ1) is 10.3. The van der Waals surface area contributed by atoms with Crippen LogP contribution in [0.4, 0.5) is 0 Å². The molecular weight excluding hydrogens is 300 g/mol. The molecule has 2 amide bonds. The van der Waals surface area contributed by atoms with E-state index in [-0.39, 0.29) is 11.9 Å². The molecule has 2 aliphatic rings. The van der Waals surface area contributed by atoms with Crippen LogP contribution in [0.3, 0.4) is 0 Å². The van der Waals surface area contributed by atoms with E-state index in [9.17, 15) is 14.9 Å². The third kappa shape index (κ3) is 3.10. The van der Waals surface area contributed by atoms with Crippen molar-refractivity contribution in [1.82, 2.24) is 10.6 Å². The van der Waals surface area contributed by atoms with Crippen LogP contribution in [0.2, 0.25) is 0 Å². The highest BCUT2D eigenvalue weighted by Crippen LogP contribution is 2.42. The average Bonchev–Trinajstić information content (AvgIpc) is 3.22. The Morgan fingerprint density at radius 2 is 2.09 bits per heavy atom. The summed E-state index contributed by atoms with van der Waals surface area (Å²) in [4.78, 5) is 24.1. The maximum Gasteiger partial charge on any atom is 0.243 e. The normalized spacial score (nSPS) is 24.8. The molecule has 1 aliphatic heterocycles. The summed E-state index contributed by atoms with van der Waals surface area (Å²) < 4.78 is 0. The van der Waals surface area contributed by atoms with Crippen molar-refractivity contribution in [3.8, 4) is 12.1 Å². The monoisotopic (exact) mass is 318 g/mol. The predicted octanol–water partition coefficient (Wildman–Crippen LogP) is 1.42. The number of carbonyl (C=O) groups excluding carboxylic acids is 2. The van der Waals surface area contributed by atoms with Crippen molar-refractivity contribution in [3.05, 3.63) is 10.6 Å². The highest BCUT2D eigenvalue weighted by molar-refractivity contribution is 8.04. The Bertz CT molecular complexity index is 622. The highest BCUT2D eigenvalue weighted by atomic mass is 32.2. The molecule has 0 aromatic heterocycles. The van der Waals surface area contributed by atoms with Gasteiger partial charge < -0.3 is 10.6 Å². The molecule has 22 heavy (non-hydrogen) atoms. The SMILES string of the molecule is C[C@H](SC1=C(C#N)C(C)(C)[C@H](C#N)C(=O)N1)C(=O)NC1CC1. The Morgan fingerprint density at radius 1 is 1.45 bits per heavy atom. The number of allylic oxidation sites excluding steroid dienone is 1. The zero-order valence-electron chi connectivity index (χ0n) is 12.8. The van der Waals surface area contributed by atoms with E-state index >= 15 is 0 Å². The Labute approximate surface area is 133 Å². The predicted molar refractivity (Wildman–Crippen MR) is 81.9 cm³/mol. The summed E-state index contributed by atoms with van der Waals surface area (Å²) in [6, 6.07) is 4.31. The number of rotatable bonds is 4. The van der Waals surface area contributed by atoms with E-state index in [0.29, 0.717) is 10.6 Å². The van der Waals surface area contributed by atoms with Gasteiger partial charge in [-0.1, -0.05) is 25.6 Å². The van der Waals surface area contributed by atoms with Crippen LogP contribution in [0.1, 0.15) is 33.6 Å². The topological polar surface area (TPSA) is 106 Å². The summed E-state index contributed by atoms with van der Waals surface area (Å²) in [5.74, 6) is -1.45. The van der Waals surface area contributed by atoms with E-state index in [1.807, 2.05) is 6.07 Å². The Morgan fingerprint density at radius 3 is 2.59 bits per heavy atom. The molecule has 2 rings (SSSR count). The van der Waals surface area contributed by atoms with Gasteiger partial charge in [0.15, 0.2) is 0 Å². The fourth-order valence-electron chi connectivity index (χ4n) is 2.29. The lowest BCUT2D eigenvalue weighted by Gasteiger charge is -2.35. The summed E-state index contributed by atoms with van der Waals surface area (Å²) in [6.45, 7) is 5.14. The minimum Gasteiger partial charge on any atom is -0.352 e. The summed E-state index contributed by atoms with van der Waals surface area (Å²) in [6.07, 6.45) is 2.01. The first-order valence-electron chi connectivity index (χ1n) is 7.13. The molecular formula is C15H18N4O2S. The molecule has 0 spiro atoms. The molecule has 116 valence electrons. The number of hydrogen-bond acceptors (Lipinski definition) is 5. The molecule has 1 fully saturated rings. The van der Waals surface area contributed by atoms with Crippen LogP contribution in [0.25, 0.3) is 0 Å². The molecule has 0 radical (unpaired) electrons. The summed E-state index contributed by atoms with van der Waals surface area (Å²) in [5.41, 5.74) is -0.532. The molecule has 2 atom stereocenters. The van der Waals surface area contributed by atoms with Crippen LogP contribution in [0, 0.1) is 34.0 Å². The average molecular weight is 318 g/mol. The fraction of sp³-hybridized carbons (Fsp3) is 0.600. The smallest absolute Gasteiger partial charge is 0.243 e. The number of amides is 2. The molecule has 0 aromatic carbocycles. The van der Waals surface area contributed by atoms with E-state index in [2.05, 4.69) is 16.7 Å². The van der Waals surface area contributed by atoms with Gasteiger partial charge in [0.05, 0.1) is 28.0 Å². The van der Waals surface area contributed by atoms with Gasteiger partial charge in [0, 0.05) is 11.5 Å². The molecule has 7 heteroatoms. The fourth-order valence-corrected chi connectivity index (χ4v) is 3.41. The molecule has 2 N–H and O–H groups in total. The number of nitrogens with one attached hydrogen (secondary N) is 2. The summed E-state index contributed by atoms with van der Waals surface area (Å²) >= 11 is 1.15. The van der Waals surface area contributed by atoms with E-state index in [1.165, 1.54) is 0 Å². The second-order valence-corrected chi connectivity index (χ2v) is 7.48. The van der Waals surface area contributed by atoms with Gasteiger partial charge in [-0.3, -0.25) is 9.59 Å². The molecule has 1 saturated carbocycles. The lowest BCUT2D eigenvalue weighted by Crippen LogP contribution is -2.45. The third-order valence-electron chi connectivity index (χ3n) is 3.92. The number of nitrogens with zero attached hydrogens (tertiary/aromatic N) is 2. The van der Waals surface area contributed by atoms with E-state index < -0.39 is 22.5 Å². The zero-order chi connectivity index (χ0) is 16.5. The van der Waals surface area contributed by atoms with Gasteiger partial charge in [0.1, 0.15) is 5.92 Å². The van der Waals surface area contributed by atoms with Crippen LogP contribution in [0.15, 0.2) is 10.6 Å². The first-order valence-corrected chi connectivity index (χ1v) is 8.01. The van der Waals surface area contributed by atoms with Gasteiger partial charge in [-0.05, 0) is 19.8 Å². The van der Waals surface area contributed by atoms with Crippen molar-refractivity contribution in [2.45, 2.75) is 44.9 Å². The maximum atomic E-state index is 12.1. The molecule has 0 unspecified atom stereocenters. The van der Waals surface area contributed by atoms with Crippen LogP contribution < -0.4 is 10.6 Å². The van der Waals surface area contributed by atoms with Gasteiger partial charge in [-0.15, -0.1) is 0 Å². The van der Waals surface area contributed by atoms with Crippen LogP contribution >= 0.6 is 11.8 Å². The van der Waals surface area contributed by atoms with E-state index in [4.69, 9.17) is 5.26 Å².